The zero-order chi connectivity index (χ0) is 34.1. The van der Waals surface area contributed by atoms with E-state index in [1.54, 1.807) is 30.0 Å². The molecule has 1 amide bonds. The molecule has 0 spiro atoms. The Labute approximate surface area is 287 Å². The number of fused-ring (bicyclic) bond motifs is 3. The van der Waals surface area contributed by atoms with Crippen LogP contribution in [0.5, 0.6) is 5.75 Å². The number of allylic oxidation sites excluding steroid dienone is 1. The van der Waals surface area contributed by atoms with Crippen LogP contribution in [0.2, 0.25) is 5.02 Å². The van der Waals surface area contributed by atoms with Gasteiger partial charge in [0.2, 0.25) is 10.0 Å². The summed E-state index contributed by atoms with van der Waals surface area (Å²) < 4.78 is 68.7. The van der Waals surface area contributed by atoms with Crippen molar-refractivity contribution >= 4 is 33.2 Å². The summed E-state index contributed by atoms with van der Waals surface area (Å²) in [7, 11) is -3.97. The molecule has 1 saturated heterocycles. The number of nitrogens with one attached hydrogen (secondary N) is 1. The molecule has 3 heterocycles. The third kappa shape index (κ3) is 8.17. The molecule has 6 rings (SSSR count). The zero-order valence-electron chi connectivity index (χ0n) is 27.7. The Morgan fingerprint density at radius 1 is 1.08 bits per heavy atom. The molecule has 1 N–H and O–H groups in total. The third-order valence-corrected chi connectivity index (χ3v) is 12.7. The van der Waals surface area contributed by atoms with Crippen LogP contribution in [0.15, 0.2) is 48.6 Å². The van der Waals surface area contributed by atoms with Crippen molar-refractivity contribution < 1.29 is 31.5 Å². The number of likely N-dealkylation sites (tertiary alicyclic amines) is 1. The van der Waals surface area contributed by atoms with E-state index in [2.05, 4.69) is 9.62 Å². The van der Waals surface area contributed by atoms with Gasteiger partial charge in [0.05, 0.1) is 36.7 Å². The van der Waals surface area contributed by atoms with Gasteiger partial charge in [-0.3, -0.25) is 9.69 Å². The number of alkyl halides is 2. The number of benzene rings is 2. The number of aryl methyl sites for hydroxylation is 1. The number of nitrogens with zero attached hydrogens (tertiary/aromatic N) is 2. The molecule has 0 radical (unpaired) electrons. The molecule has 1 aliphatic carbocycles. The van der Waals surface area contributed by atoms with Gasteiger partial charge in [0, 0.05) is 30.2 Å². The lowest BCUT2D eigenvalue weighted by molar-refractivity contribution is -0.138. The minimum absolute atomic E-state index is 0.212. The van der Waals surface area contributed by atoms with Crippen LogP contribution in [-0.4, -0.2) is 75.8 Å². The largest absolute Gasteiger partial charge is 0.487 e. The molecule has 2 fully saturated rings. The van der Waals surface area contributed by atoms with Gasteiger partial charge in [0.25, 0.3) is 11.8 Å². The summed E-state index contributed by atoms with van der Waals surface area (Å²) in [6.07, 6.45) is 8.96. The summed E-state index contributed by atoms with van der Waals surface area (Å²) in [5.74, 6) is -2.42. The molecule has 2 aromatic rings. The Bertz CT molecular complexity index is 1610. The minimum Gasteiger partial charge on any atom is -0.487 e. The Hall–Kier alpha value is -2.73. The van der Waals surface area contributed by atoms with E-state index in [4.69, 9.17) is 21.1 Å². The molecule has 2 bridgehead atoms. The average Bonchev–Trinajstić information content (AvgIpc) is 3.04. The summed E-state index contributed by atoms with van der Waals surface area (Å²) in [5, 5.41) is -0.134. The number of hydrogen-bond acceptors (Lipinski definition) is 7. The molecule has 0 aromatic heterocycles. The molecule has 262 valence electrons. The van der Waals surface area contributed by atoms with Crippen LogP contribution >= 0.6 is 11.6 Å². The van der Waals surface area contributed by atoms with Crippen LogP contribution in [0.1, 0.15) is 67.4 Å². The van der Waals surface area contributed by atoms with Gasteiger partial charge < -0.3 is 14.4 Å². The molecule has 1 unspecified atom stereocenters. The van der Waals surface area contributed by atoms with Crippen molar-refractivity contribution in [1.29, 1.82) is 0 Å². The second-order valence-corrected chi connectivity index (χ2v) is 16.5. The van der Waals surface area contributed by atoms with Crippen LogP contribution in [0, 0.1) is 17.8 Å². The molecule has 8 nitrogen and oxygen atoms in total. The number of anilines is 1. The lowest BCUT2D eigenvalue weighted by Crippen LogP contribution is -2.57. The van der Waals surface area contributed by atoms with E-state index in [-0.39, 0.29) is 36.6 Å². The Balaban J connectivity index is 1.31. The number of hydrogen-bond donors (Lipinski definition) is 1. The molecular formula is C36H46ClF2N3O5S. The van der Waals surface area contributed by atoms with Crippen molar-refractivity contribution in [2.24, 2.45) is 17.8 Å². The standard InChI is InChI=1S/C36H46ClF2N3O5S/c1-24-6-5-8-33(46-17-16-41-22-36(38,39)23-41)31-13-10-28(31)20-42-15-4-3-7-26-18-30(37)12-9-29(26)21-47-34-14-11-27(19-32(34)42)35(43)40-48(44,45)25(24)2/h5,8-9,11-12,14,18-19,24-25,28,31,33H,3-4,6-7,10,13,15-17,20-23H2,1-2H3,(H,40,43)/b8-5+/t24-,25+,28-,31+,33?/m0/s1. The summed E-state index contributed by atoms with van der Waals surface area (Å²) >= 11 is 6.34. The van der Waals surface area contributed by atoms with E-state index < -0.39 is 27.1 Å². The first-order valence-electron chi connectivity index (χ1n) is 17.1. The van der Waals surface area contributed by atoms with E-state index in [1.165, 1.54) is 0 Å². The Morgan fingerprint density at radius 3 is 2.65 bits per heavy atom. The first-order valence-corrected chi connectivity index (χ1v) is 19.0. The molecule has 3 aliphatic heterocycles. The van der Waals surface area contributed by atoms with Crippen LogP contribution < -0.4 is 14.4 Å². The summed E-state index contributed by atoms with van der Waals surface area (Å²) in [6, 6.07) is 11.0. The Kier molecular flexibility index (Phi) is 10.7. The number of carbonyl (C=O) groups is 1. The van der Waals surface area contributed by atoms with Crippen LogP contribution in [-0.2, 0) is 27.8 Å². The Morgan fingerprint density at radius 2 is 1.90 bits per heavy atom. The first kappa shape index (κ1) is 35.1. The number of rotatable bonds is 4. The smallest absolute Gasteiger partial charge is 0.272 e. The number of ether oxygens (including phenoxy) is 2. The van der Waals surface area contributed by atoms with Crippen molar-refractivity contribution in [1.82, 2.24) is 9.62 Å². The normalized spacial score (nSPS) is 29.8. The van der Waals surface area contributed by atoms with Gasteiger partial charge in [0.1, 0.15) is 12.4 Å². The third-order valence-electron chi connectivity index (χ3n) is 10.6. The maximum absolute atomic E-state index is 13.4. The molecular weight excluding hydrogens is 660 g/mol. The van der Waals surface area contributed by atoms with Crippen LogP contribution in [0.25, 0.3) is 0 Å². The number of halogens is 3. The average molecular weight is 706 g/mol. The van der Waals surface area contributed by atoms with Crippen LogP contribution in [0.4, 0.5) is 14.5 Å². The van der Waals surface area contributed by atoms with Crippen molar-refractivity contribution in [2.45, 2.75) is 76.3 Å². The van der Waals surface area contributed by atoms with E-state index in [0.29, 0.717) is 49.4 Å². The highest BCUT2D eigenvalue weighted by molar-refractivity contribution is 7.90. The molecule has 5 atom stereocenters. The second-order valence-electron chi connectivity index (χ2n) is 14.0. The molecule has 1 saturated carbocycles. The molecule has 48 heavy (non-hydrogen) atoms. The van der Waals surface area contributed by atoms with E-state index in [0.717, 1.165) is 55.5 Å². The predicted octanol–water partition coefficient (Wildman–Crippen LogP) is 6.47. The quantitative estimate of drug-likeness (QED) is 0.365. The summed E-state index contributed by atoms with van der Waals surface area (Å²) in [5.41, 5.74) is 3.21. The number of amides is 1. The van der Waals surface area contributed by atoms with E-state index >= 15 is 0 Å². The van der Waals surface area contributed by atoms with Gasteiger partial charge in [-0.15, -0.1) is 0 Å². The highest BCUT2D eigenvalue weighted by Crippen LogP contribution is 2.42. The lowest BCUT2D eigenvalue weighted by Gasteiger charge is -2.44. The van der Waals surface area contributed by atoms with Gasteiger partial charge in [-0.25, -0.2) is 21.9 Å². The fraction of sp³-hybridized carbons (Fsp3) is 0.583. The van der Waals surface area contributed by atoms with Crippen LogP contribution in [0.3, 0.4) is 0 Å². The molecule has 12 heteroatoms. The highest BCUT2D eigenvalue weighted by atomic mass is 35.5. The predicted molar refractivity (Wildman–Crippen MR) is 183 cm³/mol. The van der Waals surface area contributed by atoms with Gasteiger partial charge in [0.15, 0.2) is 0 Å². The monoisotopic (exact) mass is 705 g/mol. The van der Waals surface area contributed by atoms with E-state index in [9.17, 15) is 22.0 Å². The van der Waals surface area contributed by atoms with Crippen molar-refractivity contribution in [2.75, 3.05) is 44.2 Å². The second kappa shape index (κ2) is 14.6. The maximum Gasteiger partial charge on any atom is 0.272 e. The fourth-order valence-corrected chi connectivity index (χ4v) is 8.71. The van der Waals surface area contributed by atoms with Gasteiger partial charge in [-0.05, 0) is 105 Å². The summed E-state index contributed by atoms with van der Waals surface area (Å²) in [6.45, 7) is 5.55. The van der Waals surface area contributed by atoms with Crippen molar-refractivity contribution in [3.05, 3.63) is 70.3 Å². The maximum atomic E-state index is 13.4. The lowest BCUT2D eigenvalue weighted by atomic mass is 9.70. The fourth-order valence-electron chi connectivity index (χ4n) is 7.23. The molecule has 2 aromatic carbocycles. The number of carbonyl (C=O) groups excluding carboxylic acids is 1. The van der Waals surface area contributed by atoms with E-state index in [1.807, 2.05) is 37.3 Å². The minimum atomic E-state index is -3.97. The van der Waals surface area contributed by atoms with Crippen molar-refractivity contribution in [3.8, 4) is 5.75 Å². The zero-order valence-corrected chi connectivity index (χ0v) is 29.2. The first-order chi connectivity index (χ1) is 22.9. The highest BCUT2D eigenvalue weighted by Gasteiger charge is 2.44. The van der Waals surface area contributed by atoms with Gasteiger partial charge in [-0.1, -0.05) is 36.7 Å². The summed E-state index contributed by atoms with van der Waals surface area (Å²) in [4.78, 5) is 17.4. The van der Waals surface area contributed by atoms with Gasteiger partial charge >= 0.3 is 0 Å². The van der Waals surface area contributed by atoms with Crippen molar-refractivity contribution in [3.63, 3.8) is 0 Å². The number of sulfonamides is 1. The van der Waals surface area contributed by atoms with Gasteiger partial charge in [-0.2, -0.15) is 0 Å². The SMILES string of the molecule is C[C@@H]1[C@@H](C)C/C=C/C(OCCN2CC(F)(F)C2)[C@@H]2CC[C@H]2CN2CCCCc3cc(Cl)ccc3COc3ccc(cc32)C(=O)NS1(=O)=O. The molecule has 4 aliphatic rings. The topological polar surface area (TPSA) is 88.2 Å².